The van der Waals surface area contributed by atoms with E-state index in [1.165, 1.54) is 6.42 Å². The van der Waals surface area contributed by atoms with E-state index in [-0.39, 0.29) is 11.9 Å². The number of carboxylic acids is 1. The molecule has 1 saturated heterocycles. The van der Waals surface area contributed by atoms with Gasteiger partial charge in [-0.15, -0.1) is 0 Å². The fourth-order valence-corrected chi connectivity index (χ4v) is 2.21. The van der Waals surface area contributed by atoms with E-state index in [1.807, 2.05) is 0 Å². The fraction of sp³-hybridized carbons (Fsp3) is 0.562. The van der Waals surface area contributed by atoms with Gasteiger partial charge in [0.2, 0.25) is 0 Å². The molecule has 1 unspecified atom stereocenters. The Balaban J connectivity index is 1.60. The molecule has 116 valence electrons. The number of carboxylic acid groups (broad SMARTS) is 1. The number of ether oxygens (including phenoxy) is 3. The van der Waals surface area contributed by atoms with Crippen molar-refractivity contribution in [2.24, 2.45) is 0 Å². The molecule has 2 rings (SSSR count). The van der Waals surface area contributed by atoms with Crippen LogP contribution in [0.15, 0.2) is 24.3 Å². The highest BCUT2D eigenvalue weighted by Crippen LogP contribution is 2.18. The van der Waals surface area contributed by atoms with Crippen LogP contribution in [0.3, 0.4) is 0 Å². The number of rotatable bonds is 8. The average molecular weight is 294 g/mol. The molecule has 1 fully saturated rings. The Labute approximate surface area is 124 Å². The van der Waals surface area contributed by atoms with Gasteiger partial charge in [0.25, 0.3) is 0 Å². The zero-order chi connectivity index (χ0) is 14.9. The molecule has 0 spiro atoms. The van der Waals surface area contributed by atoms with Gasteiger partial charge in [-0.25, -0.2) is 4.79 Å². The van der Waals surface area contributed by atoms with Crippen molar-refractivity contribution in [1.82, 2.24) is 0 Å². The summed E-state index contributed by atoms with van der Waals surface area (Å²) in [6, 6.07) is 6.68. The van der Waals surface area contributed by atoms with Crippen LogP contribution >= 0.6 is 0 Å². The molecule has 0 amide bonds. The van der Waals surface area contributed by atoms with Crippen molar-refractivity contribution in [3.63, 3.8) is 0 Å². The van der Waals surface area contributed by atoms with E-state index < -0.39 is 5.97 Å². The zero-order valence-electron chi connectivity index (χ0n) is 12.1. The normalized spacial score (nSPS) is 18.4. The van der Waals surface area contributed by atoms with Gasteiger partial charge < -0.3 is 19.3 Å². The highest BCUT2D eigenvalue weighted by molar-refractivity contribution is 5.90. The molecule has 1 aromatic carbocycles. The van der Waals surface area contributed by atoms with Gasteiger partial charge in [-0.2, -0.15) is 0 Å². The van der Waals surface area contributed by atoms with E-state index in [4.69, 9.17) is 19.3 Å². The molecule has 1 aromatic rings. The number of hydrogen-bond donors (Lipinski definition) is 1. The number of para-hydroxylation sites is 1. The van der Waals surface area contributed by atoms with E-state index in [0.717, 1.165) is 32.3 Å². The molecule has 0 saturated carbocycles. The summed E-state index contributed by atoms with van der Waals surface area (Å²) in [6.45, 7) is 1.92. The second-order valence-corrected chi connectivity index (χ2v) is 5.02. The van der Waals surface area contributed by atoms with Gasteiger partial charge in [0.15, 0.2) is 6.29 Å². The van der Waals surface area contributed by atoms with Crippen LogP contribution in [-0.4, -0.2) is 37.2 Å². The molecule has 0 aromatic heterocycles. The SMILES string of the molecule is O=C(O)c1ccccc1OCCCCOC1CCCCO1. The number of unbranched alkanes of at least 4 members (excludes halogenated alkanes) is 1. The molecule has 5 heteroatoms. The summed E-state index contributed by atoms with van der Waals surface area (Å²) in [6.07, 6.45) is 4.90. The van der Waals surface area contributed by atoms with Crippen LogP contribution in [0.4, 0.5) is 0 Å². The second-order valence-electron chi connectivity index (χ2n) is 5.02. The molecular formula is C16H22O5. The van der Waals surface area contributed by atoms with Crippen molar-refractivity contribution in [3.8, 4) is 5.75 Å². The summed E-state index contributed by atoms with van der Waals surface area (Å²) in [4.78, 5) is 11.0. The second kappa shape index (κ2) is 8.64. The molecule has 1 heterocycles. The maximum atomic E-state index is 11.0. The molecule has 0 bridgehead atoms. The third kappa shape index (κ3) is 5.36. The van der Waals surface area contributed by atoms with Crippen molar-refractivity contribution in [2.45, 2.75) is 38.4 Å². The Morgan fingerprint density at radius 3 is 2.81 bits per heavy atom. The Morgan fingerprint density at radius 1 is 1.24 bits per heavy atom. The number of aromatic carboxylic acids is 1. The lowest BCUT2D eigenvalue weighted by Gasteiger charge is -2.22. The molecule has 0 radical (unpaired) electrons. The van der Waals surface area contributed by atoms with E-state index in [9.17, 15) is 4.79 Å². The van der Waals surface area contributed by atoms with Gasteiger partial charge in [-0.3, -0.25) is 0 Å². The first kappa shape index (κ1) is 15.8. The first-order valence-electron chi connectivity index (χ1n) is 7.45. The summed E-state index contributed by atoms with van der Waals surface area (Å²) in [7, 11) is 0. The highest BCUT2D eigenvalue weighted by atomic mass is 16.7. The number of benzene rings is 1. The van der Waals surface area contributed by atoms with Crippen molar-refractivity contribution >= 4 is 5.97 Å². The van der Waals surface area contributed by atoms with Gasteiger partial charge in [-0.1, -0.05) is 12.1 Å². The van der Waals surface area contributed by atoms with Gasteiger partial charge in [0.1, 0.15) is 11.3 Å². The lowest BCUT2D eigenvalue weighted by molar-refractivity contribution is -0.162. The van der Waals surface area contributed by atoms with E-state index >= 15 is 0 Å². The molecule has 1 N–H and O–H groups in total. The maximum Gasteiger partial charge on any atom is 0.339 e. The maximum absolute atomic E-state index is 11.0. The van der Waals surface area contributed by atoms with Crippen LogP contribution in [0.2, 0.25) is 0 Å². The summed E-state index contributed by atoms with van der Waals surface area (Å²) >= 11 is 0. The first-order valence-corrected chi connectivity index (χ1v) is 7.45. The number of hydrogen-bond acceptors (Lipinski definition) is 4. The Bertz CT molecular complexity index is 440. The molecule has 1 aliphatic rings. The quantitative estimate of drug-likeness (QED) is 0.746. The van der Waals surface area contributed by atoms with E-state index in [1.54, 1.807) is 24.3 Å². The summed E-state index contributed by atoms with van der Waals surface area (Å²) in [5, 5.41) is 9.04. The lowest BCUT2D eigenvalue weighted by atomic mass is 10.2. The van der Waals surface area contributed by atoms with Crippen LogP contribution in [0.1, 0.15) is 42.5 Å². The van der Waals surface area contributed by atoms with Crippen molar-refractivity contribution < 1.29 is 24.1 Å². The number of carbonyl (C=O) groups is 1. The zero-order valence-corrected chi connectivity index (χ0v) is 12.1. The monoisotopic (exact) mass is 294 g/mol. The van der Waals surface area contributed by atoms with Crippen molar-refractivity contribution in [3.05, 3.63) is 29.8 Å². The van der Waals surface area contributed by atoms with E-state index in [0.29, 0.717) is 19.0 Å². The summed E-state index contributed by atoms with van der Waals surface area (Å²) < 4.78 is 16.6. The Hall–Kier alpha value is -1.59. The van der Waals surface area contributed by atoms with Crippen LogP contribution in [0.25, 0.3) is 0 Å². The van der Waals surface area contributed by atoms with Gasteiger partial charge >= 0.3 is 5.97 Å². The van der Waals surface area contributed by atoms with Gasteiger partial charge in [0.05, 0.1) is 6.61 Å². The van der Waals surface area contributed by atoms with Gasteiger partial charge in [0, 0.05) is 13.2 Å². The minimum Gasteiger partial charge on any atom is -0.493 e. The first-order chi connectivity index (χ1) is 10.3. The van der Waals surface area contributed by atoms with Crippen LogP contribution < -0.4 is 4.74 Å². The predicted octanol–water partition coefficient (Wildman–Crippen LogP) is 3.09. The van der Waals surface area contributed by atoms with Crippen molar-refractivity contribution in [2.75, 3.05) is 19.8 Å². The molecular weight excluding hydrogens is 272 g/mol. The van der Waals surface area contributed by atoms with Crippen molar-refractivity contribution in [1.29, 1.82) is 0 Å². The molecule has 5 nitrogen and oxygen atoms in total. The standard InChI is InChI=1S/C16H22O5/c17-16(18)13-7-1-2-8-14(13)19-10-5-6-12-21-15-9-3-4-11-20-15/h1-2,7-8,15H,3-6,9-12H2,(H,17,18). The molecule has 1 atom stereocenters. The summed E-state index contributed by atoms with van der Waals surface area (Å²) in [5.41, 5.74) is 0.198. The van der Waals surface area contributed by atoms with Gasteiger partial charge in [-0.05, 0) is 44.2 Å². The highest BCUT2D eigenvalue weighted by Gasteiger charge is 2.13. The van der Waals surface area contributed by atoms with Crippen LogP contribution in [0.5, 0.6) is 5.75 Å². The minimum absolute atomic E-state index is 0.0487. The predicted molar refractivity (Wildman–Crippen MR) is 77.7 cm³/mol. The lowest BCUT2D eigenvalue weighted by Crippen LogP contribution is -2.22. The summed E-state index contributed by atoms with van der Waals surface area (Å²) in [5.74, 6) is -0.551. The van der Waals surface area contributed by atoms with E-state index in [2.05, 4.69) is 0 Å². The third-order valence-electron chi connectivity index (χ3n) is 3.36. The fourth-order valence-electron chi connectivity index (χ4n) is 2.21. The smallest absolute Gasteiger partial charge is 0.339 e. The molecule has 21 heavy (non-hydrogen) atoms. The molecule has 1 aliphatic heterocycles. The van der Waals surface area contributed by atoms with Crippen LogP contribution in [-0.2, 0) is 9.47 Å². The Kier molecular flexibility index (Phi) is 6.50. The average Bonchev–Trinajstić information content (AvgIpc) is 2.52. The molecule has 0 aliphatic carbocycles. The van der Waals surface area contributed by atoms with Crippen LogP contribution in [0, 0.1) is 0 Å². The largest absolute Gasteiger partial charge is 0.493 e. The Morgan fingerprint density at radius 2 is 2.05 bits per heavy atom. The topological polar surface area (TPSA) is 65.0 Å². The third-order valence-corrected chi connectivity index (χ3v) is 3.36. The minimum atomic E-state index is -0.969.